The summed E-state index contributed by atoms with van der Waals surface area (Å²) in [5, 5.41) is 9.71. The molecule has 0 radical (unpaired) electrons. The molecule has 1 aromatic rings. The Morgan fingerprint density at radius 2 is 2.12 bits per heavy atom. The summed E-state index contributed by atoms with van der Waals surface area (Å²) in [6, 6.07) is 2.31. The minimum absolute atomic E-state index is 0. The van der Waals surface area contributed by atoms with Crippen molar-refractivity contribution in [3.8, 4) is 5.75 Å². The maximum absolute atomic E-state index is 13.5. The van der Waals surface area contributed by atoms with Crippen molar-refractivity contribution in [1.82, 2.24) is 0 Å². The van der Waals surface area contributed by atoms with E-state index in [0.29, 0.717) is 12.0 Å². The normalized spacial score (nSPS) is 11.8. The molecule has 4 heteroatoms. The molecular weight excluding hydrogens is 229 g/mol. The van der Waals surface area contributed by atoms with Crippen LogP contribution in [-0.4, -0.2) is 5.11 Å². The van der Waals surface area contributed by atoms with Gasteiger partial charge >= 0.3 is 0 Å². The Kier molecular flexibility index (Phi) is 5.48. The van der Waals surface area contributed by atoms with Gasteiger partial charge in [-0.15, -0.1) is 19.0 Å². The summed E-state index contributed by atoms with van der Waals surface area (Å²) >= 11 is 0. The lowest BCUT2D eigenvalue weighted by Crippen LogP contribution is -2.13. The van der Waals surface area contributed by atoms with E-state index in [2.05, 4.69) is 6.58 Å². The molecular formula is C12H17ClFNO. The maximum Gasteiger partial charge on any atom is 0.131 e. The first-order chi connectivity index (χ1) is 6.93. The summed E-state index contributed by atoms with van der Waals surface area (Å²) in [5.41, 5.74) is 7.48. The number of phenols is 1. The molecule has 3 N–H and O–H groups in total. The van der Waals surface area contributed by atoms with Crippen LogP contribution in [0.2, 0.25) is 0 Å². The number of phenolic OH excluding ortho intramolecular Hbond substituents is 1. The van der Waals surface area contributed by atoms with Crippen LogP contribution in [0.15, 0.2) is 24.3 Å². The molecule has 0 spiro atoms. The summed E-state index contributed by atoms with van der Waals surface area (Å²) in [4.78, 5) is 0. The van der Waals surface area contributed by atoms with Gasteiger partial charge in [0.05, 0.1) is 0 Å². The molecule has 2 nitrogen and oxygen atoms in total. The van der Waals surface area contributed by atoms with Gasteiger partial charge in [-0.25, -0.2) is 4.39 Å². The molecule has 0 saturated carbocycles. The minimum Gasteiger partial charge on any atom is -0.507 e. The second-order valence-electron chi connectivity index (χ2n) is 3.89. The molecule has 0 aliphatic rings. The van der Waals surface area contributed by atoms with Gasteiger partial charge in [-0.05, 0) is 31.9 Å². The van der Waals surface area contributed by atoms with E-state index in [9.17, 15) is 9.50 Å². The van der Waals surface area contributed by atoms with E-state index < -0.39 is 11.9 Å². The summed E-state index contributed by atoms with van der Waals surface area (Å²) in [6.07, 6.45) is 0.466. The Hall–Kier alpha value is -1.06. The fourth-order valence-corrected chi connectivity index (χ4v) is 1.52. The molecule has 90 valence electrons. The standard InChI is InChI=1S/C12H16FNO.ClH/c1-7(2)6-10(14)11-9(13)5-4-8(3)12(11)15;/h4-5,10,15H,1,6,14H2,2-3H3;1H/t10-;/m0./s1. The maximum atomic E-state index is 13.5. The first-order valence-corrected chi connectivity index (χ1v) is 4.81. The van der Waals surface area contributed by atoms with Crippen molar-refractivity contribution in [2.24, 2.45) is 5.73 Å². The van der Waals surface area contributed by atoms with Crippen molar-refractivity contribution in [2.45, 2.75) is 26.3 Å². The van der Waals surface area contributed by atoms with Crippen LogP contribution in [0.5, 0.6) is 5.75 Å². The lowest BCUT2D eigenvalue weighted by atomic mass is 9.98. The summed E-state index contributed by atoms with van der Waals surface area (Å²) in [7, 11) is 0. The third-order valence-electron chi connectivity index (χ3n) is 2.30. The SMILES string of the molecule is C=C(C)C[C@H](N)c1c(F)ccc(C)c1O.Cl. The van der Waals surface area contributed by atoms with Crippen LogP contribution in [0, 0.1) is 12.7 Å². The molecule has 16 heavy (non-hydrogen) atoms. The highest BCUT2D eigenvalue weighted by Crippen LogP contribution is 2.31. The van der Waals surface area contributed by atoms with Crippen LogP contribution in [0.25, 0.3) is 0 Å². The average molecular weight is 246 g/mol. The molecule has 0 aromatic heterocycles. The zero-order valence-electron chi connectivity index (χ0n) is 9.46. The largest absolute Gasteiger partial charge is 0.507 e. The van der Waals surface area contributed by atoms with Crippen LogP contribution in [0.3, 0.4) is 0 Å². The van der Waals surface area contributed by atoms with Crippen LogP contribution in [-0.2, 0) is 0 Å². The molecule has 0 fully saturated rings. The molecule has 0 aliphatic carbocycles. The van der Waals surface area contributed by atoms with Crippen molar-refractivity contribution >= 4 is 12.4 Å². The summed E-state index contributed by atoms with van der Waals surface area (Å²) < 4.78 is 13.5. The first-order valence-electron chi connectivity index (χ1n) is 4.81. The first kappa shape index (κ1) is 14.9. The second kappa shape index (κ2) is 5.87. The Bertz CT molecular complexity index is 393. The summed E-state index contributed by atoms with van der Waals surface area (Å²) in [5.74, 6) is -0.518. The highest BCUT2D eigenvalue weighted by atomic mass is 35.5. The van der Waals surface area contributed by atoms with Crippen LogP contribution >= 0.6 is 12.4 Å². The van der Waals surface area contributed by atoms with Crippen LogP contribution < -0.4 is 5.73 Å². The van der Waals surface area contributed by atoms with Gasteiger partial charge in [-0.3, -0.25) is 0 Å². The van der Waals surface area contributed by atoms with E-state index in [4.69, 9.17) is 5.73 Å². The Morgan fingerprint density at radius 1 is 1.56 bits per heavy atom. The molecule has 0 amide bonds. The second-order valence-corrected chi connectivity index (χ2v) is 3.89. The predicted octanol–water partition coefficient (Wildman–Crippen LogP) is 3.23. The number of hydrogen-bond donors (Lipinski definition) is 2. The van der Waals surface area contributed by atoms with E-state index in [-0.39, 0.29) is 23.7 Å². The molecule has 0 heterocycles. The molecule has 1 atom stereocenters. The lowest BCUT2D eigenvalue weighted by molar-refractivity contribution is 0.444. The van der Waals surface area contributed by atoms with Crippen molar-refractivity contribution in [3.63, 3.8) is 0 Å². The topological polar surface area (TPSA) is 46.2 Å². The monoisotopic (exact) mass is 245 g/mol. The molecule has 1 aromatic carbocycles. The van der Waals surface area contributed by atoms with Crippen molar-refractivity contribution in [2.75, 3.05) is 0 Å². The van der Waals surface area contributed by atoms with Gasteiger partial charge < -0.3 is 10.8 Å². The molecule has 0 aliphatic heterocycles. The van der Waals surface area contributed by atoms with Gasteiger partial charge in [0.25, 0.3) is 0 Å². The summed E-state index contributed by atoms with van der Waals surface area (Å²) in [6.45, 7) is 7.26. The number of rotatable bonds is 3. The Morgan fingerprint density at radius 3 is 2.62 bits per heavy atom. The van der Waals surface area contributed by atoms with Crippen molar-refractivity contribution in [1.29, 1.82) is 0 Å². The molecule has 1 rings (SSSR count). The molecule has 0 bridgehead atoms. The molecule has 0 unspecified atom stereocenters. The lowest BCUT2D eigenvalue weighted by Gasteiger charge is -2.15. The van der Waals surface area contributed by atoms with Gasteiger partial charge in [0.2, 0.25) is 0 Å². The number of hydrogen-bond acceptors (Lipinski definition) is 2. The zero-order chi connectivity index (χ0) is 11.6. The number of halogens is 2. The third-order valence-corrected chi connectivity index (χ3v) is 2.30. The molecule has 0 saturated heterocycles. The van der Waals surface area contributed by atoms with E-state index >= 15 is 0 Å². The number of nitrogens with two attached hydrogens (primary N) is 1. The Labute approximate surface area is 101 Å². The third kappa shape index (κ3) is 3.22. The van der Waals surface area contributed by atoms with E-state index in [0.717, 1.165) is 5.57 Å². The highest BCUT2D eigenvalue weighted by Gasteiger charge is 2.17. The fraction of sp³-hybridized carbons (Fsp3) is 0.333. The number of aromatic hydroxyl groups is 1. The van der Waals surface area contributed by atoms with Crippen LogP contribution in [0.1, 0.15) is 30.5 Å². The van der Waals surface area contributed by atoms with Gasteiger partial charge in [-0.1, -0.05) is 11.6 Å². The average Bonchev–Trinajstić information content (AvgIpc) is 2.11. The fourth-order valence-electron chi connectivity index (χ4n) is 1.52. The van der Waals surface area contributed by atoms with E-state index in [1.807, 2.05) is 6.92 Å². The minimum atomic E-state index is -0.539. The van der Waals surface area contributed by atoms with E-state index in [1.165, 1.54) is 12.1 Å². The van der Waals surface area contributed by atoms with Gasteiger partial charge in [-0.2, -0.15) is 0 Å². The number of benzene rings is 1. The predicted molar refractivity (Wildman–Crippen MR) is 66.4 cm³/mol. The van der Waals surface area contributed by atoms with Crippen molar-refractivity contribution in [3.05, 3.63) is 41.2 Å². The van der Waals surface area contributed by atoms with E-state index in [1.54, 1.807) is 6.92 Å². The quantitative estimate of drug-likeness (QED) is 0.804. The van der Waals surface area contributed by atoms with Crippen molar-refractivity contribution < 1.29 is 9.50 Å². The Balaban J connectivity index is 0.00000225. The smallest absolute Gasteiger partial charge is 0.131 e. The zero-order valence-corrected chi connectivity index (χ0v) is 10.3. The highest BCUT2D eigenvalue weighted by molar-refractivity contribution is 5.85. The van der Waals surface area contributed by atoms with Crippen LogP contribution in [0.4, 0.5) is 4.39 Å². The number of aryl methyl sites for hydroxylation is 1. The van der Waals surface area contributed by atoms with Gasteiger partial charge in [0, 0.05) is 11.6 Å². The van der Waals surface area contributed by atoms with Gasteiger partial charge in [0.1, 0.15) is 11.6 Å². The van der Waals surface area contributed by atoms with Gasteiger partial charge in [0.15, 0.2) is 0 Å².